The maximum absolute atomic E-state index is 13.3. The van der Waals surface area contributed by atoms with Crippen molar-refractivity contribution in [3.8, 4) is 5.75 Å². The van der Waals surface area contributed by atoms with E-state index in [1.165, 1.54) is 0 Å². The Morgan fingerprint density at radius 1 is 1.05 bits per heavy atom. The molecular formula is C32H38N4O6. The third kappa shape index (κ3) is 6.60. The SMILES string of the molecule is CC(C)NC(=O)O[C@@H]1CC[C@H](c2cc(NC(=O)C3C[C@H]3c3cccc(OCc4ccccc4)c3C3OCCO3)n[nH]2)C1. The van der Waals surface area contributed by atoms with Crippen LogP contribution in [0.2, 0.25) is 0 Å². The van der Waals surface area contributed by atoms with Gasteiger partial charge in [0.2, 0.25) is 5.91 Å². The molecule has 1 unspecified atom stereocenters. The van der Waals surface area contributed by atoms with E-state index in [1.54, 1.807) is 0 Å². The average Bonchev–Trinajstić information content (AvgIpc) is 3.33. The van der Waals surface area contributed by atoms with Gasteiger partial charge in [-0.15, -0.1) is 0 Å². The van der Waals surface area contributed by atoms with Crippen LogP contribution in [0.1, 0.15) is 80.0 Å². The van der Waals surface area contributed by atoms with Crippen LogP contribution in [0.15, 0.2) is 54.6 Å². The zero-order valence-corrected chi connectivity index (χ0v) is 24.0. The van der Waals surface area contributed by atoms with Crippen molar-refractivity contribution in [2.24, 2.45) is 5.92 Å². The lowest BCUT2D eigenvalue weighted by molar-refractivity contribution is -0.117. The van der Waals surface area contributed by atoms with Gasteiger partial charge in [0.25, 0.3) is 0 Å². The lowest BCUT2D eigenvalue weighted by atomic mass is 10.00. The summed E-state index contributed by atoms with van der Waals surface area (Å²) in [6, 6.07) is 17.9. The summed E-state index contributed by atoms with van der Waals surface area (Å²) in [4.78, 5) is 25.2. The molecule has 2 amide bonds. The van der Waals surface area contributed by atoms with E-state index in [4.69, 9.17) is 18.9 Å². The number of alkyl carbamates (subject to hydrolysis) is 1. The number of hydrogen-bond donors (Lipinski definition) is 3. The molecule has 3 fully saturated rings. The molecule has 10 nitrogen and oxygen atoms in total. The fourth-order valence-electron chi connectivity index (χ4n) is 5.93. The summed E-state index contributed by atoms with van der Waals surface area (Å²) in [5, 5.41) is 13.2. The number of nitrogens with one attached hydrogen (secondary N) is 3. The predicted octanol–water partition coefficient (Wildman–Crippen LogP) is 5.55. The summed E-state index contributed by atoms with van der Waals surface area (Å²) in [7, 11) is 0. The summed E-state index contributed by atoms with van der Waals surface area (Å²) in [5.41, 5.74) is 3.90. The molecule has 2 saturated carbocycles. The third-order valence-electron chi connectivity index (χ3n) is 8.07. The van der Waals surface area contributed by atoms with Gasteiger partial charge in [-0.3, -0.25) is 9.89 Å². The van der Waals surface area contributed by atoms with Gasteiger partial charge >= 0.3 is 6.09 Å². The lowest BCUT2D eigenvalue weighted by Crippen LogP contribution is -2.33. The van der Waals surface area contributed by atoms with Crippen LogP contribution in [0.3, 0.4) is 0 Å². The number of aromatic amines is 1. The van der Waals surface area contributed by atoms with E-state index in [9.17, 15) is 9.59 Å². The Balaban J connectivity index is 1.08. The average molecular weight is 575 g/mol. The standard InChI is InChI=1S/C32H38N4O6/c1-19(2)33-32(38)42-22-12-11-21(15-22)26-17-28(36-35-26)34-30(37)25-16-24(25)23-9-6-10-27(29(23)31-39-13-14-40-31)41-18-20-7-4-3-5-8-20/h3-10,17,19,21-22,24-25,31H,11-16,18H2,1-2H3,(H,33,38)(H2,34,35,36,37)/t21-,22+,24-,25?/m0/s1. The molecule has 3 aromatic rings. The van der Waals surface area contributed by atoms with Gasteiger partial charge < -0.3 is 29.6 Å². The van der Waals surface area contributed by atoms with Crippen LogP contribution in [0.5, 0.6) is 5.75 Å². The molecule has 4 atom stereocenters. The molecule has 6 rings (SSSR count). The molecule has 1 aromatic heterocycles. The largest absolute Gasteiger partial charge is 0.488 e. The highest BCUT2D eigenvalue weighted by Crippen LogP contribution is 2.52. The number of hydrogen-bond acceptors (Lipinski definition) is 7. The van der Waals surface area contributed by atoms with Crippen molar-refractivity contribution in [1.29, 1.82) is 0 Å². The van der Waals surface area contributed by atoms with Crippen LogP contribution >= 0.6 is 0 Å². The molecule has 222 valence electrons. The number of H-pyrrole nitrogens is 1. The number of rotatable bonds is 10. The Hall–Kier alpha value is -3.89. The summed E-state index contributed by atoms with van der Waals surface area (Å²) in [6.07, 6.45) is 2.11. The number of nitrogens with zero attached hydrogens (tertiary/aromatic N) is 1. The van der Waals surface area contributed by atoms with E-state index >= 15 is 0 Å². The highest BCUT2D eigenvalue weighted by Gasteiger charge is 2.46. The van der Waals surface area contributed by atoms with Gasteiger partial charge in [-0.2, -0.15) is 5.10 Å². The molecule has 2 aliphatic carbocycles. The van der Waals surface area contributed by atoms with E-state index in [0.29, 0.717) is 31.4 Å². The van der Waals surface area contributed by atoms with Crippen LogP contribution < -0.4 is 15.4 Å². The van der Waals surface area contributed by atoms with Crippen molar-refractivity contribution in [3.05, 3.63) is 77.0 Å². The van der Waals surface area contributed by atoms with Gasteiger partial charge in [0.15, 0.2) is 12.1 Å². The third-order valence-corrected chi connectivity index (χ3v) is 8.07. The molecule has 42 heavy (non-hydrogen) atoms. The van der Waals surface area contributed by atoms with Crippen molar-refractivity contribution in [1.82, 2.24) is 15.5 Å². The minimum absolute atomic E-state index is 0.0346. The second-order valence-electron chi connectivity index (χ2n) is 11.6. The first-order chi connectivity index (χ1) is 20.4. The fourth-order valence-corrected chi connectivity index (χ4v) is 5.93. The highest BCUT2D eigenvalue weighted by atomic mass is 16.7. The molecule has 2 heterocycles. The maximum atomic E-state index is 13.3. The lowest BCUT2D eigenvalue weighted by Gasteiger charge is -2.19. The van der Waals surface area contributed by atoms with Crippen LogP contribution in [-0.2, 0) is 25.6 Å². The maximum Gasteiger partial charge on any atom is 0.407 e. The van der Waals surface area contributed by atoms with Crippen LogP contribution in [0.25, 0.3) is 0 Å². The van der Waals surface area contributed by atoms with Gasteiger partial charge in [0.1, 0.15) is 18.5 Å². The number of anilines is 1. The zero-order valence-electron chi connectivity index (χ0n) is 24.0. The Bertz CT molecular complexity index is 1390. The molecule has 0 spiro atoms. The van der Waals surface area contributed by atoms with E-state index in [0.717, 1.165) is 48.1 Å². The summed E-state index contributed by atoms with van der Waals surface area (Å²) < 4.78 is 23.6. The van der Waals surface area contributed by atoms with Crippen molar-refractivity contribution < 1.29 is 28.5 Å². The number of amides is 2. The minimum Gasteiger partial charge on any atom is -0.488 e. The first-order valence-electron chi connectivity index (χ1n) is 14.8. The molecule has 1 saturated heterocycles. The van der Waals surface area contributed by atoms with Crippen LogP contribution in [-0.4, -0.2) is 47.6 Å². The predicted molar refractivity (Wildman–Crippen MR) is 155 cm³/mol. The Morgan fingerprint density at radius 3 is 2.64 bits per heavy atom. The Kier molecular flexibility index (Phi) is 8.43. The molecule has 3 aliphatic rings. The molecule has 0 bridgehead atoms. The van der Waals surface area contributed by atoms with E-state index in [2.05, 4.69) is 20.8 Å². The Labute approximate surface area is 245 Å². The number of carbonyl (C=O) groups excluding carboxylic acids is 2. The topological polar surface area (TPSA) is 124 Å². The Morgan fingerprint density at radius 2 is 1.86 bits per heavy atom. The molecule has 3 N–H and O–H groups in total. The van der Waals surface area contributed by atoms with Crippen molar-refractivity contribution in [2.45, 2.75) is 76.4 Å². The number of aromatic nitrogens is 2. The first-order valence-corrected chi connectivity index (χ1v) is 14.8. The number of carbonyl (C=O) groups is 2. The first kappa shape index (κ1) is 28.2. The van der Waals surface area contributed by atoms with Gasteiger partial charge in [-0.1, -0.05) is 42.5 Å². The summed E-state index contributed by atoms with van der Waals surface area (Å²) in [6.45, 7) is 5.27. The fraction of sp³-hybridized carbons (Fsp3) is 0.469. The zero-order chi connectivity index (χ0) is 29.1. The van der Waals surface area contributed by atoms with Gasteiger partial charge in [-0.05, 0) is 62.6 Å². The molecule has 1 aliphatic heterocycles. The van der Waals surface area contributed by atoms with Gasteiger partial charge in [-0.25, -0.2) is 4.79 Å². The second kappa shape index (κ2) is 12.5. The molecule has 2 aromatic carbocycles. The quantitative estimate of drug-likeness (QED) is 0.290. The second-order valence-corrected chi connectivity index (χ2v) is 11.6. The number of ether oxygens (including phenoxy) is 4. The minimum atomic E-state index is -0.513. The molecule has 10 heteroatoms. The normalized spacial score (nSPS) is 23.6. The highest BCUT2D eigenvalue weighted by molar-refractivity contribution is 5.94. The van der Waals surface area contributed by atoms with Gasteiger partial charge in [0, 0.05) is 29.6 Å². The van der Waals surface area contributed by atoms with E-state index in [1.807, 2.05) is 68.4 Å². The van der Waals surface area contributed by atoms with Crippen LogP contribution in [0.4, 0.5) is 10.6 Å². The van der Waals surface area contributed by atoms with Crippen LogP contribution in [0, 0.1) is 5.92 Å². The van der Waals surface area contributed by atoms with Gasteiger partial charge in [0.05, 0.1) is 18.8 Å². The molecule has 0 radical (unpaired) electrons. The summed E-state index contributed by atoms with van der Waals surface area (Å²) >= 11 is 0. The molecular weight excluding hydrogens is 536 g/mol. The van der Waals surface area contributed by atoms with Crippen molar-refractivity contribution >= 4 is 17.8 Å². The van der Waals surface area contributed by atoms with Crippen molar-refractivity contribution in [3.63, 3.8) is 0 Å². The van der Waals surface area contributed by atoms with Crippen molar-refractivity contribution in [2.75, 3.05) is 18.5 Å². The van der Waals surface area contributed by atoms with E-state index in [-0.39, 0.29) is 41.9 Å². The monoisotopic (exact) mass is 574 g/mol. The smallest absolute Gasteiger partial charge is 0.407 e. The number of benzene rings is 2. The van der Waals surface area contributed by atoms with E-state index < -0.39 is 6.29 Å². The summed E-state index contributed by atoms with van der Waals surface area (Å²) in [5.74, 6) is 1.21.